The average molecular weight is 462 g/mol. The zero-order valence-corrected chi connectivity index (χ0v) is 20.5. The molecule has 0 fully saturated rings. The van der Waals surface area contributed by atoms with Gasteiger partial charge in [-0.2, -0.15) is 0 Å². The van der Waals surface area contributed by atoms with Crippen LogP contribution in [0.5, 0.6) is 0 Å². The van der Waals surface area contributed by atoms with Crippen LogP contribution in [0.15, 0.2) is 41.3 Å². The molecule has 0 aliphatic heterocycles. The minimum atomic E-state index is -0.395. The molecule has 0 bridgehead atoms. The lowest BCUT2D eigenvalue weighted by atomic mass is 10.1. The van der Waals surface area contributed by atoms with Crippen molar-refractivity contribution in [1.82, 2.24) is 14.5 Å². The number of nitrogens with zero attached hydrogens (tertiary/aromatic N) is 4. The standard InChI is InChI=1S/C26H31N5O3/c1-7-31-25(20-14-27-22(30(5)6)12-15(20)2)28-16(3)23(26(31)33)29-24-19-11-9-8-10-18(19)13-21(24)34-17(4)32/h8-12,14,21,24,29H,7,13H2,1-6H3. The highest BCUT2D eigenvalue weighted by Crippen LogP contribution is 2.36. The van der Waals surface area contributed by atoms with Gasteiger partial charge in [0.1, 0.15) is 23.4 Å². The molecule has 2 atom stereocenters. The van der Waals surface area contributed by atoms with Crippen LogP contribution < -0.4 is 15.8 Å². The minimum Gasteiger partial charge on any atom is -0.460 e. The summed E-state index contributed by atoms with van der Waals surface area (Å²) in [5, 5.41) is 3.39. The molecule has 0 spiro atoms. The summed E-state index contributed by atoms with van der Waals surface area (Å²) in [5.41, 5.74) is 4.79. The molecule has 178 valence electrons. The van der Waals surface area contributed by atoms with Crippen LogP contribution in [0.3, 0.4) is 0 Å². The molecule has 8 heteroatoms. The third-order valence-electron chi connectivity index (χ3n) is 6.26. The first kappa shape index (κ1) is 23.5. The van der Waals surface area contributed by atoms with Crippen molar-refractivity contribution in [2.24, 2.45) is 0 Å². The summed E-state index contributed by atoms with van der Waals surface area (Å²) in [7, 11) is 3.88. The van der Waals surface area contributed by atoms with Crippen LogP contribution in [0, 0.1) is 13.8 Å². The summed E-state index contributed by atoms with van der Waals surface area (Å²) in [6, 6.07) is 9.62. The summed E-state index contributed by atoms with van der Waals surface area (Å²) in [4.78, 5) is 36.7. The number of esters is 1. The first-order valence-electron chi connectivity index (χ1n) is 11.5. The van der Waals surface area contributed by atoms with Gasteiger partial charge >= 0.3 is 5.97 Å². The lowest BCUT2D eigenvalue weighted by Crippen LogP contribution is -2.32. The number of pyridine rings is 1. The fourth-order valence-electron chi connectivity index (χ4n) is 4.55. The van der Waals surface area contributed by atoms with E-state index in [0.717, 1.165) is 28.1 Å². The van der Waals surface area contributed by atoms with Gasteiger partial charge in [-0.3, -0.25) is 14.2 Å². The molecule has 0 saturated carbocycles. The number of carbonyl (C=O) groups is 1. The van der Waals surface area contributed by atoms with Crippen LogP contribution in [-0.2, 0) is 22.5 Å². The molecule has 1 aromatic carbocycles. The van der Waals surface area contributed by atoms with E-state index in [2.05, 4.69) is 10.3 Å². The summed E-state index contributed by atoms with van der Waals surface area (Å²) < 4.78 is 7.27. The van der Waals surface area contributed by atoms with E-state index in [4.69, 9.17) is 9.72 Å². The van der Waals surface area contributed by atoms with Crippen molar-refractivity contribution in [3.05, 3.63) is 69.3 Å². The third-order valence-corrected chi connectivity index (χ3v) is 6.26. The van der Waals surface area contributed by atoms with Crippen LogP contribution in [0.25, 0.3) is 11.4 Å². The Hall–Kier alpha value is -3.68. The van der Waals surface area contributed by atoms with Crippen molar-refractivity contribution in [3.8, 4) is 11.4 Å². The number of nitrogens with one attached hydrogen (secondary N) is 1. The molecule has 8 nitrogen and oxygen atoms in total. The molecule has 4 rings (SSSR count). The summed E-state index contributed by atoms with van der Waals surface area (Å²) in [6.07, 6.45) is 1.98. The molecular formula is C26H31N5O3. The molecule has 1 aliphatic carbocycles. The van der Waals surface area contributed by atoms with Crippen LogP contribution in [-0.4, -0.2) is 40.7 Å². The smallest absolute Gasteiger partial charge is 0.302 e. The van der Waals surface area contributed by atoms with E-state index in [9.17, 15) is 9.59 Å². The van der Waals surface area contributed by atoms with Crippen molar-refractivity contribution in [1.29, 1.82) is 0 Å². The molecule has 34 heavy (non-hydrogen) atoms. The Balaban J connectivity index is 1.77. The Morgan fingerprint density at radius 1 is 1.26 bits per heavy atom. The number of ether oxygens (including phenoxy) is 1. The Labute approximate surface area is 199 Å². The number of benzene rings is 1. The quantitative estimate of drug-likeness (QED) is 0.561. The predicted octanol–water partition coefficient (Wildman–Crippen LogP) is 3.65. The monoisotopic (exact) mass is 461 g/mol. The molecule has 0 saturated heterocycles. The number of aromatic nitrogens is 3. The maximum atomic E-state index is 13.7. The Kier molecular flexibility index (Phi) is 6.41. The number of rotatable bonds is 6. The Bertz CT molecular complexity index is 1300. The predicted molar refractivity (Wildman–Crippen MR) is 133 cm³/mol. The van der Waals surface area contributed by atoms with Gasteiger partial charge in [0.05, 0.1) is 11.7 Å². The number of hydrogen-bond acceptors (Lipinski definition) is 7. The molecule has 2 aromatic heterocycles. The van der Waals surface area contributed by atoms with E-state index < -0.39 is 6.10 Å². The van der Waals surface area contributed by atoms with Crippen LogP contribution in [0.2, 0.25) is 0 Å². The second-order valence-electron chi connectivity index (χ2n) is 8.87. The third kappa shape index (κ3) is 4.27. The van der Waals surface area contributed by atoms with Crippen LogP contribution >= 0.6 is 0 Å². The van der Waals surface area contributed by atoms with Crippen molar-refractivity contribution < 1.29 is 9.53 Å². The van der Waals surface area contributed by atoms with Gasteiger partial charge in [0.2, 0.25) is 0 Å². The second-order valence-corrected chi connectivity index (χ2v) is 8.87. The zero-order chi connectivity index (χ0) is 24.6. The minimum absolute atomic E-state index is 0.160. The van der Waals surface area contributed by atoms with Gasteiger partial charge < -0.3 is 15.0 Å². The van der Waals surface area contributed by atoms with E-state index in [1.165, 1.54) is 6.92 Å². The molecule has 0 amide bonds. The van der Waals surface area contributed by atoms with Gasteiger partial charge in [-0.15, -0.1) is 0 Å². The zero-order valence-electron chi connectivity index (χ0n) is 20.5. The molecule has 1 N–H and O–H groups in total. The molecular weight excluding hydrogens is 430 g/mol. The lowest BCUT2D eigenvalue weighted by Gasteiger charge is -2.24. The summed E-state index contributed by atoms with van der Waals surface area (Å²) in [6.45, 7) is 7.61. The van der Waals surface area contributed by atoms with Crippen LogP contribution in [0.1, 0.15) is 42.3 Å². The molecule has 2 unspecified atom stereocenters. The van der Waals surface area contributed by atoms with Gasteiger partial charge in [0.25, 0.3) is 5.56 Å². The Morgan fingerprint density at radius 3 is 2.65 bits per heavy atom. The number of hydrogen-bond donors (Lipinski definition) is 1. The molecule has 1 aliphatic rings. The first-order valence-corrected chi connectivity index (χ1v) is 11.5. The van der Waals surface area contributed by atoms with Gasteiger partial charge in [-0.25, -0.2) is 9.97 Å². The number of anilines is 2. The second kappa shape index (κ2) is 9.29. The molecule has 0 radical (unpaired) electrons. The van der Waals surface area contributed by atoms with Crippen LogP contribution in [0.4, 0.5) is 11.5 Å². The number of carbonyl (C=O) groups excluding carboxylic acids is 1. The maximum Gasteiger partial charge on any atom is 0.302 e. The van der Waals surface area contributed by atoms with Crippen molar-refractivity contribution >= 4 is 17.5 Å². The number of aryl methyl sites for hydroxylation is 2. The SMILES string of the molecule is CCn1c(-c2cnc(N(C)C)cc2C)nc(C)c(NC2c3ccccc3CC2OC(C)=O)c1=O. The highest BCUT2D eigenvalue weighted by atomic mass is 16.5. The van der Waals surface area contributed by atoms with Gasteiger partial charge in [0.15, 0.2) is 0 Å². The fraction of sp³-hybridized carbons (Fsp3) is 0.385. The molecule has 2 heterocycles. The topological polar surface area (TPSA) is 89.3 Å². The lowest BCUT2D eigenvalue weighted by molar-refractivity contribution is -0.146. The number of fused-ring (bicyclic) bond motifs is 1. The van der Waals surface area contributed by atoms with E-state index in [-0.39, 0.29) is 17.6 Å². The van der Waals surface area contributed by atoms with Crippen molar-refractivity contribution in [2.45, 2.75) is 52.8 Å². The van der Waals surface area contributed by atoms with E-state index in [0.29, 0.717) is 30.2 Å². The van der Waals surface area contributed by atoms with Crippen molar-refractivity contribution in [2.75, 3.05) is 24.3 Å². The van der Waals surface area contributed by atoms with E-state index in [1.54, 1.807) is 10.8 Å². The summed E-state index contributed by atoms with van der Waals surface area (Å²) >= 11 is 0. The van der Waals surface area contributed by atoms with Gasteiger partial charge in [-0.05, 0) is 43.5 Å². The maximum absolute atomic E-state index is 13.7. The first-order chi connectivity index (χ1) is 16.2. The average Bonchev–Trinajstić information content (AvgIpc) is 3.12. The molecule has 3 aromatic rings. The van der Waals surface area contributed by atoms with E-state index in [1.807, 2.05) is 70.1 Å². The largest absolute Gasteiger partial charge is 0.460 e. The normalized spacial score (nSPS) is 16.8. The summed E-state index contributed by atoms with van der Waals surface area (Å²) in [5.74, 6) is 1.09. The highest BCUT2D eigenvalue weighted by molar-refractivity contribution is 5.67. The van der Waals surface area contributed by atoms with Gasteiger partial charge in [0, 0.05) is 45.7 Å². The van der Waals surface area contributed by atoms with Crippen molar-refractivity contribution in [3.63, 3.8) is 0 Å². The van der Waals surface area contributed by atoms with Gasteiger partial charge in [-0.1, -0.05) is 24.3 Å². The van der Waals surface area contributed by atoms with E-state index >= 15 is 0 Å². The Morgan fingerprint density at radius 2 is 2.00 bits per heavy atom. The fourth-order valence-corrected chi connectivity index (χ4v) is 4.55. The highest BCUT2D eigenvalue weighted by Gasteiger charge is 2.35.